The molecule has 0 saturated heterocycles. The molecule has 1 heterocycles. The van der Waals surface area contributed by atoms with Crippen LogP contribution in [0.4, 0.5) is 15.8 Å². The molecular formula is C18H17FN2O3. The molecule has 1 aliphatic heterocycles. The summed E-state index contributed by atoms with van der Waals surface area (Å²) in [6.07, 6.45) is -0.411. The highest BCUT2D eigenvalue weighted by Crippen LogP contribution is 2.34. The van der Waals surface area contributed by atoms with Gasteiger partial charge in [0.1, 0.15) is 11.6 Å². The third-order valence-corrected chi connectivity index (χ3v) is 3.84. The maximum absolute atomic E-state index is 13.1. The van der Waals surface area contributed by atoms with E-state index in [0.29, 0.717) is 17.1 Å². The Morgan fingerprint density at radius 3 is 2.83 bits per heavy atom. The van der Waals surface area contributed by atoms with Crippen molar-refractivity contribution in [1.82, 2.24) is 0 Å². The normalized spacial score (nSPS) is 16.4. The summed E-state index contributed by atoms with van der Waals surface area (Å²) in [7, 11) is 1.68. The first kappa shape index (κ1) is 16.0. The standard InChI is InChI=1S/C18H17FN2O3/c1-11-18(23)21(2)15-8-12(6-7-16(15)24-11)9-17(22)20-14-5-3-4-13(19)10-14/h3-8,10-11H,9H2,1-2H3,(H,20,22). The van der Waals surface area contributed by atoms with E-state index in [1.807, 2.05) is 0 Å². The van der Waals surface area contributed by atoms with E-state index in [1.54, 1.807) is 38.2 Å². The predicted octanol–water partition coefficient (Wildman–Crippen LogP) is 2.75. The molecule has 1 atom stereocenters. The van der Waals surface area contributed by atoms with Crippen molar-refractivity contribution in [1.29, 1.82) is 0 Å². The average molecular weight is 328 g/mol. The van der Waals surface area contributed by atoms with E-state index in [9.17, 15) is 14.0 Å². The van der Waals surface area contributed by atoms with Gasteiger partial charge in [-0.2, -0.15) is 0 Å². The number of ether oxygens (including phenoxy) is 1. The number of carbonyl (C=O) groups is 2. The predicted molar refractivity (Wildman–Crippen MR) is 88.7 cm³/mol. The number of rotatable bonds is 3. The molecule has 124 valence electrons. The van der Waals surface area contributed by atoms with Crippen LogP contribution in [0.2, 0.25) is 0 Å². The number of halogens is 1. The highest BCUT2D eigenvalue weighted by molar-refractivity contribution is 5.99. The smallest absolute Gasteiger partial charge is 0.267 e. The summed E-state index contributed by atoms with van der Waals surface area (Å²) in [6, 6.07) is 11.0. The second-order valence-electron chi connectivity index (χ2n) is 5.69. The molecule has 1 N–H and O–H groups in total. The lowest BCUT2D eigenvalue weighted by Crippen LogP contribution is -2.42. The van der Waals surface area contributed by atoms with E-state index in [4.69, 9.17) is 4.74 Å². The van der Waals surface area contributed by atoms with Crippen LogP contribution in [0.1, 0.15) is 12.5 Å². The lowest BCUT2D eigenvalue weighted by Gasteiger charge is -2.30. The Kier molecular flexibility index (Phi) is 4.20. The van der Waals surface area contributed by atoms with Crippen molar-refractivity contribution >= 4 is 23.2 Å². The number of carbonyl (C=O) groups excluding carboxylic acids is 2. The molecule has 3 rings (SSSR count). The molecule has 0 fully saturated rings. The fourth-order valence-corrected chi connectivity index (χ4v) is 2.62. The van der Waals surface area contributed by atoms with Crippen molar-refractivity contribution in [3.05, 3.63) is 53.8 Å². The van der Waals surface area contributed by atoms with E-state index in [-0.39, 0.29) is 18.2 Å². The number of hydrogen-bond donors (Lipinski definition) is 1. The first-order valence-electron chi connectivity index (χ1n) is 7.56. The molecule has 0 bridgehead atoms. The van der Waals surface area contributed by atoms with Gasteiger partial charge in [-0.15, -0.1) is 0 Å². The highest BCUT2D eigenvalue weighted by Gasteiger charge is 2.28. The van der Waals surface area contributed by atoms with Crippen LogP contribution >= 0.6 is 0 Å². The molecule has 2 amide bonds. The lowest BCUT2D eigenvalue weighted by atomic mass is 10.1. The minimum absolute atomic E-state index is 0.112. The maximum atomic E-state index is 13.1. The van der Waals surface area contributed by atoms with E-state index in [1.165, 1.54) is 23.1 Å². The molecule has 0 spiro atoms. The fraction of sp³-hybridized carbons (Fsp3) is 0.222. The van der Waals surface area contributed by atoms with Gasteiger partial charge in [0.2, 0.25) is 5.91 Å². The van der Waals surface area contributed by atoms with Gasteiger partial charge in [-0.05, 0) is 42.8 Å². The molecule has 2 aromatic rings. The van der Waals surface area contributed by atoms with Crippen LogP contribution in [0.25, 0.3) is 0 Å². The van der Waals surface area contributed by atoms with Crippen LogP contribution in [0.3, 0.4) is 0 Å². The summed E-state index contributed by atoms with van der Waals surface area (Å²) in [5.41, 5.74) is 1.78. The largest absolute Gasteiger partial charge is 0.479 e. The number of likely N-dealkylation sites (N-methyl/N-ethyl adjacent to an activating group) is 1. The van der Waals surface area contributed by atoms with Crippen molar-refractivity contribution in [2.45, 2.75) is 19.4 Å². The second-order valence-corrected chi connectivity index (χ2v) is 5.69. The third kappa shape index (κ3) is 3.22. The molecule has 1 aliphatic rings. The van der Waals surface area contributed by atoms with Crippen molar-refractivity contribution in [3.63, 3.8) is 0 Å². The molecule has 0 radical (unpaired) electrons. The quantitative estimate of drug-likeness (QED) is 0.942. The topological polar surface area (TPSA) is 58.6 Å². The summed E-state index contributed by atoms with van der Waals surface area (Å²) in [5.74, 6) is -0.199. The van der Waals surface area contributed by atoms with E-state index in [2.05, 4.69) is 5.32 Å². The van der Waals surface area contributed by atoms with Crippen LogP contribution in [0, 0.1) is 5.82 Å². The van der Waals surface area contributed by atoms with Crippen molar-refractivity contribution in [2.75, 3.05) is 17.3 Å². The van der Waals surface area contributed by atoms with Crippen LogP contribution in [-0.4, -0.2) is 25.0 Å². The maximum Gasteiger partial charge on any atom is 0.267 e. The lowest BCUT2D eigenvalue weighted by molar-refractivity contribution is -0.125. The van der Waals surface area contributed by atoms with Gasteiger partial charge in [-0.25, -0.2) is 4.39 Å². The molecule has 1 unspecified atom stereocenters. The Bertz CT molecular complexity index is 807. The first-order valence-corrected chi connectivity index (χ1v) is 7.56. The van der Waals surface area contributed by atoms with E-state index in [0.717, 1.165) is 5.56 Å². The monoisotopic (exact) mass is 328 g/mol. The minimum atomic E-state index is -0.523. The first-order chi connectivity index (χ1) is 11.4. The minimum Gasteiger partial charge on any atom is -0.479 e. The summed E-state index contributed by atoms with van der Waals surface area (Å²) >= 11 is 0. The zero-order chi connectivity index (χ0) is 17.3. The van der Waals surface area contributed by atoms with Gasteiger partial charge in [0.25, 0.3) is 5.91 Å². The van der Waals surface area contributed by atoms with Gasteiger partial charge >= 0.3 is 0 Å². The van der Waals surface area contributed by atoms with Gasteiger partial charge in [-0.3, -0.25) is 9.59 Å². The van der Waals surface area contributed by atoms with Crippen LogP contribution in [0.15, 0.2) is 42.5 Å². The van der Waals surface area contributed by atoms with Gasteiger partial charge in [0.05, 0.1) is 12.1 Å². The Balaban J connectivity index is 1.74. The highest BCUT2D eigenvalue weighted by atomic mass is 19.1. The number of hydrogen-bond acceptors (Lipinski definition) is 3. The third-order valence-electron chi connectivity index (χ3n) is 3.84. The molecule has 0 aromatic heterocycles. The SMILES string of the molecule is CC1Oc2ccc(CC(=O)Nc3cccc(F)c3)cc2N(C)C1=O. The van der Waals surface area contributed by atoms with Crippen molar-refractivity contribution in [3.8, 4) is 5.75 Å². The molecule has 2 aromatic carbocycles. The molecule has 0 aliphatic carbocycles. The summed E-state index contributed by atoms with van der Waals surface area (Å²) in [5, 5.41) is 2.65. The number of amides is 2. The summed E-state index contributed by atoms with van der Waals surface area (Å²) in [6.45, 7) is 1.70. The number of benzene rings is 2. The Hall–Kier alpha value is -2.89. The van der Waals surface area contributed by atoms with Gasteiger partial charge in [-0.1, -0.05) is 12.1 Å². The average Bonchev–Trinajstić information content (AvgIpc) is 2.53. The number of nitrogens with zero attached hydrogens (tertiary/aromatic N) is 1. The number of fused-ring (bicyclic) bond motifs is 1. The summed E-state index contributed by atoms with van der Waals surface area (Å²) in [4.78, 5) is 25.6. The zero-order valence-electron chi connectivity index (χ0n) is 13.4. The van der Waals surface area contributed by atoms with Gasteiger partial charge in [0.15, 0.2) is 6.10 Å². The van der Waals surface area contributed by atoms with Gasteiger partial charge in [0, 0.05) is 12.7 Å². The zero-order valence-corrected chi connectivity index (χ0v) is 13.4. The van der Waals surface area contributed by atoms with E-state index < -0.39 is 11.9 Å². The Morgan fingerprint density at radius 1 is 1.29 bits per heavy atom. The number of nitrogens with one attached hydrogen (secondary N) is 1. The van der Waals surface area contributed by atoms with E-state index >= 15 is 0 Å². The number of anilines is 2. The van der Waals surface area contributed by atoms with Crippen LogP contribution in [-0.2, 0) is 16.0 Å². The van der Waals surface area contributed by atoms with Crippen LogP contribution < -0.4 is 15.0 Å². The fourth-order valence-electron chi connectivity index (χ4n) is 2.62. The molecule has 6 heteroatoms. The molecule has 0 saturated carbocycles. The van der Waals surface area contributed by atoms with Gasteiger partial charge < -0.3 is 15.0 Å². The molecule has 24 heavy (non-hydrogen) atoms. The second kappa shape index (κ2) is 6.31. The van der Waals surface area contributed by atoms with Crippen molar-refractivity contribution < 1.29 is 18.7 Å². The molecule has 5 nitrogen and oxygen atoms in total. The molecular weight excluding hydrogens is 311 g/mol. The Labute approximate surface area is 139 Å². The summed E-state index contributed by atoms with van der Waals surface area (Å²) < 4.78 is 18.7. The van der Waals surface area contributed by atoms with Crippen molar-refractivity contribution in [2.24, 2.45) is 0 Å². The Morgan fingerprint density at radius 2 is 2.08 bits per heavy atom. The van der Waals surface area contributed by atoms with Crippen LogP contribution in [0.5, 0.6) is 5.75 Å².